The summed E-state index contributed by atoms with van der Waals surface area (Å²) >= 11 is 0. The molecule has 0 saturated heterocycles. The van der Waals surface area contributed by atoms with Crippen molar-refractivity contribution < 1.29 is 9.59 Å². The Hall–Kier alpha value is -3.73. The molecular formula is C29H27N3O2. The molecular weight excluding hydrogens is 422 g/mol. The third kappa shape index (κ3) is 3.61. The van der Waals surface area contributed by atoms with Gasteiger partial charge in [0.05, 0.1) is 17.4 Å². The van der Waals surface area contributed by atoms with Crippen LogP contribution in [0.2, 0.25) is 0 Å². The number of hydrogen-bond donors (Lipinski definition) is 1. The van der Waals surface area contributed by atoms with E-state index in [0.717, 1.165) is 41.9 Å². The van der Waals surface area contributed by atoms with Crippen LogP contribution in [0.4, 0.5) is 11.4 Å². The van der Waals surface area contributed by atoms with Crippen molar-refractivity contribution in [2.45, 2.75) is 44.6 Å². The smallest absolute Gasteiger partial charge is 0.231 e. The molecule has 1 saturated carbocycles. The number of nitrogens with one attached hydrogen (secondary N) is 1. The first-order valence-electron chi connectivity index (χ1n) is 12.0. The van der Waals surface area contributed by atoms with Crippen molar-refractivity contribution in [1.82, 2.24) is 4.98 Å². The molecule has 170 valence electrons. The first kappa shape index (κ1) is 20.8. The fourth-order valence-electron chi connectivity index (χ4n) is 5.29. The number of pyridine rings is 1. The Bertz CT molecular complexity index is 1290. The summed E-state index contributed by atoms with van der Waals surface area (Å²) in [6.45, 7) is 2.07. The van der Waals surface area contributed by atoms with E-state index < -0.39 is 6.04 Å². The second-order valence-electron chi connectivity index (χ2n) is 9.64. The number of rotatable bonds is 3. The van der Waals surface area contributed by atoms with Gasteiger partial charge in [-0.15, -0.1) is 0 Å². The highest BCUT2D eigenvalue weighted by Gasteiger charge is 2.45. The zero-order valence-electron chi connectivity index (χ0n) is 19.2. The lowest BCUT2D eigenvalue weighted by Gasteiger charge is -2.35. The first-order valence-corrected chi connectivity index (χ1v) is 12.0. The Balaban J connectivity index is 1.52. The third-order valence-electron chi connectivity index (χ3n) is 7.20. The molecule has 1 aromatic heterocycles. The molecule has 0 bridgehead atoms. The van der Waals surface area contributed by atoms with Crippen molar-refractivity contribution >= 4 is 23.1 Å². The third-order valence-corrected chi connectivity index (χ3v) is 7.20. The van der Waals surface area contributed by atoms with Gasteiger partial charge in [0.1, 0.15) is 0 Å². The molecule has 5 heteroatoms. The van der Waals surface area contributed by atoms with Gasteiger partial charge in [0.25, 0.3) is 0 Å². The Kier molecular flexibility index (Phi) is 5.05. The molecule has 1 amide bonds. The Morgan fingerprint density at radius 1 is 0.971 bits per heavy atom. The highest BCUT2D eigenvalue weighted by atomic mass is 16.2. The van der Waals surface area contributed by atoms with Gasteiger partial charge in [-0.3, -0.25) is 19.5 Å². The summed E-state index contributed by atoms with van der Waals surface area (Å²) in [6.07, 6.45) is 6.48. The molecule has 0 unspecified atom stereocenters. The number of allylic oxidation sites excluding steroid dienone is 1. The van der Waals surface area contributed by atoms with Crippen molar-refractivity contribution in [3.05, 3.63) is 101 Å². The van der Waals surface area contributed by atoms with Gasteiger partial charge in [-0.25, -0.2) is 0 Å². The highest BCUT2D eigenvalue weighted by molar-refractivity contribution is 6.07. The topological polar surface area (TPSA) is 62.3 Å². The average molecular weight is 450 g/mol. The van der Waals surface area contributed by atoms with E-state index in [0.29, 0.717) is 12.0 Å². The standard InChI is InChI=1S/C29H27N3O2/c1-18-8-10-19(11-9-18)22-15-24-27(26(33)16-22)28(21-5-4-14-30-17-21)32(29(34)20-12-13-20)25-7-3-2-6-23(25)31-24/h2-11,14,17,20,22,28,31H,12-13,15-16H2,1H3/t22-,28-/m1/s1. The van der Waals surface area contributed by atoms with E-state index in [-0.39, 0.29) is 23.5 Å². The lowest BCUT2D eigenvalue weighted by atomic mass is 9.78. The van der Waals surface area contributed by atoms with E-state index >= 15 is 0 Å². The average Bonchev–Trinajstić information content (AvgIpc) is 3.71. The van der Waals surface area contributed by atoms with Crippen LogP contribution in [0.5, 0.6) is 0 Å². The van der Waals surface area contributed by atoms with Crippen LogP contribution >= 0.6 is 0 Å². The van der Waals surface area contributed by atoms with Gasteiger partial charge in [0.2, 0.25) is 5.91 Å². The molecule has 1 aliphatic heterocycles. The number of ketones is 1. The van der Waals surface area contributed by atoms with Crippen molar-refractivity contribution in [2.24, 2.45) is 5.92 Å². The zero-order chi connectivity index (χ0) is 23.2. The van der Waals surface area contributed by atoms with Gasteiger partial charge < -0.3 is 5.32 Å². The van der Waals surface area contributed by atoms with Gasteiger partial charge in [-0.05, 0) is 61.4 Å². The van der Waals surface area contributed by atoms with E-state index in [4.69, 9.17) is 0 Å². The van der Waals surface area contributed by atoms with E-state index in [1.54, 1.807) is 12.4 Å². The number of aromatic nitrogens is 1. The number of fused-ring (bicyclic) bond motifs is 1. The van der Waals surface area contributed by atoms with Gasteiger partial charge in [-0.1, -0.05) is 48.0 Å². The normalized spacial score (nSPS) is 21.9. The minimum Gasteiger partial charge on any atom is -0.357 e. The van der Waals surface area contributed by atoms with Crippen LogP contribution in [0.3, 0.4) is 0 Å². The van der Waals surface area contributed by atoms with Gasteiger partial charge in [0.15, 0.2) is 5.78 Å². The molecule has 3 aliphatic rings. The summed E-state index contributed by atoms with van der Waals surface area (Å²) in [7, 11) is 0. The molecule has 5 nitrogen and oxygen atoms in total. The van der Waals surface area contributed by atoms with Gasteiger partial charge in [0, 0.05) is 36.0 Å². The molecule has 6 rings (SSSR count). The molecule has 34 heavy (non-hydrogen) atoms. The fourth-order valence-corrected chi connectivity index (χ4v) is 5.29. The summed E-state index contributed by atoms with van der Waals surface area (Å²) in [5.74, 6) is 0.306. The second kappa shape index (κ2) is 8.24. The number of carbonyl (C=O) groups excluding carboxylic acids is 2. The second-order valence-corrected chi connectivity index (χ2v) is 9.64. The van der Waals surface area contributed by atoms with Crippen LogP contribution < -0.4 is 10.2 Å². The summed E-state index contributed by atoms with van der Waals surface area (Å²) in [6, 6.07) is 19.7. The van der Waals surface area contributed by atoms with Crippen LogP contribution in [0, 0.1) is 12.8 Å². The molecule has 1 N–H and O–H groups in total. The molecule has 0 radical (unpaired) electrons. The Morgan fingerprint density at radius 3 is 2.50 bits per heavy atom. The maximum absolute atomic E-state index is 13.9. The minimum atomic E-state index is -0.487. The lowest BCUT2D eigenvalue weighted by Crippen LogP contribution is -2.39. The van der Waals surface area contributed by atoms with Crippen molar-refractivity contribution in [3.8, 4) is 0 Å². The summed E-state index contributed by atoms with van der Waals surface area (Å²) < 4.78 is 0. The summed E-state index contributed by atoms with van der Waals surface area (Å²) in [5.41, 5.74) is 6.54. The number of nitrogens with zero attached hydrogens (tertiary/aromatic N) is 2. The highest BCUT2D eigenvalue weighted by Crippen LogP contribution is 2.49. The Labute approximate surface area is 199 Å². The van der Waals surface area contributed by atoms with E-state index in [9.17, 15) is 9.59 Å². The largest absolute Gasteiger partial charge is 0.357 e. The fraction of sp³-hybridized carbons (Fsp3) is 0.276. The SMILES string of the molecule is Cc1ccc([C@H]2CC(=O)C3=C(C2)Nc2ccccc2N(C(=O)C2CC2)[C@@H]3c2cccnc2)cc1. The maximum atomic E-state index is 13.9. The van der Waals surface area contributed by atoms with Gasteiger partial charge >= 0.3 is 0 Å². The molecule has 3 aromatic rings. The van der Waals surface area contributed by atoms with E-state index in [1.165, 1.54) is 11.1 Å². The molecule has 0 spiro atoms. The number of anilines is 2. The van der Waals surface area contributed by atoms with E-state index in [1.807, 2.05) is 41.3 Å². The number of Topliss-reactive ketones (excluding diaryl/α,β-unsaturated/α-hetero) is 1. The predicted molar refractivity (Wildman–Crippen MR) is 132 cm³/mol. The number of carbonyl (C=O) groups is 2. The van der Waals surface area contributed by atoms with Crippen LogP contribution in [-0.4, -0.2) is 16.7 Å². The van der Waals surface area contributed by atoms with Crippen molar-refractivity contribution in [3.63, 3.8) is 0 Å². The summed E-state index contributed by atoms with van der Waals surface area (Å²) in [4.78, 5) is 33.8. The van der Waals surface area contributed by atoms with Crippen LogP contribution in [0.1, 0.15) is 54.3 Å². The van der Waals surface area contributed by atoms with Crippen molar-refractivity contribution in [1.29, 1.82) is 0 Å². The number of hydrogen-bond acceptors (Lipinski definition) is 4. The number of amides is 1. The molecule has 2 heterocycles. The molecule has 2 atom stereocenters. The van der Waals surface area contributed by atoms with Crippen LogP contribution in [0.15, 0.2) is 84.3 Å². The molecule has 1 fully saturated rings. The molecule has 2 aliphatic carbocycles. The maximum Gasteiger partial charge on any atom is 0.231 e. The molecule has 2 aromatic carbocycles. The quantitative estimate of drug-likeness (QED) is 0.557. The van der Waals surface area contributed by atoms with Crippen LogP contribution in [-0.2, 0) is 9.59 Å². The number of benzene rings is 2. The lowest BCUT2D eigenvalue weighted by molar-refractivity contribution is -0.120. The van der Waals surface area contributed by atoms with E-state index in [2.05, 4.69) is 41.5 Å². The number of aryl methyl sites for hydroxylation is 1. The van der Waals surface area contributed by atoms with Crippen molar-refractivity contribution in [2.75, 3.05) is 10.2 Å². The number of para-hydroxylation sites is 2. The monoisotopic (exact) mass is 449 g/mol. The summed E-state index contributed by atoms with van der Waals surface area (Å²) in [5, 5.41) is 3.59. The van der Waals surface area contributed by atoms with Gasteiger partial charge in [-0.2, -0.15) is 0 Å². The Morgan fingerprint density at radius 2 is 1.76 bits per heavy atom. The zero-order valence-corrected chi connectivity index (χ0v) is 19.2. The first-order chi connectivity index (χ1) is 16.6. The minimum absolute atomic E-state index is 0.0216. The van der Waals surface area contributed by atoms with Crippen LogP contribution in [0.25, 0.3) is 0 Å². The predicted octanol–water partition coefficient (Wildman–Crippen LogP) is 5.70.